The third-order valence-corrected chi connectivity index (χ3v) is 4.96. The van der Waals surface area contributed by atoms with Crippen molar-refractivity contribution in [1.29, 1.82) is 0 Å². The zero-order chi connectivity index (χ0) is 27.2. The molecule has 0 saturated heterocycles. The predicted molar refractivity (Wildman–Crippen MR) is 133 cm³/mol. The molecule has 8 nitrogen and oxygen atoms in total. The van der Waals surface area contributed by atoms with E-state index in [0.29, 0.717) is 13.2 Å². The maximum absolute atomic E-state index is 10.5. The molecule has 0 heterocycles. The first-order valence-corrected chi connectivity index (χ1v) is 15.8. The predicted octanol–water partition coefficient (Wildman–Crippen LogP) is 1.15. The summed E-state index contributed by atoms with van der Waals surface area (Å²) in [6.45, 7) is 0.811. The number of ether oxygens (including phenoxy) is 2. The quantitative estimate of drug-likeness (QED) is 0.166. The fraction of sp³-hybridized carbons (Fsp3) is 0.368. The van der Waals surface area contributed by atoms with Crippen molar-refractivity contribution in [1.82, 2.24) is 0 Å². The molecule has 0 bridgehead atoms. The van der Waals surface area contributed by atoms with Crippen molar-refractivity contribution in [3.8, 4) is 0 Å². The van der Waals surface area contributed by atoms with Crippen molar-refractivity contribution in [2.24, 2.45) is 0 Å². The molecule has 0 unspecified atom stereocenters. The summed E-state index contributed by atoms with van der Waals surface area (Å²) in [7, 11) is 3.78. The standard InChI is InChI=1S/C9H11ClO3S.C9H12O4S.CH3F.Cl2OS.Na/c2*10-14(11,12)7-6-13-8-9-4-2-1-3-5-9;1-2;1-4(2)3;/h1-5H,6-8H2;1-5H,6-8H2,(H,10,11,12);1H3;;/q;;;;+1/p-1/i;;1D;;. The van der Waals surface area contributed by atoms with Gasteiger partial charge in [0.05, 0.1) is 56.6 Å². The molecule has 0 aliphatic heterocycles. The summed E-state index contributed by atoms with van der Waals surface area (Å²) in [5.74, 6) is -0.624. The SMILES string of the molecule is O=S(=O)(Cl)CCOCc1ccccc1.O=S(=O)([O-])CCOCc1ccccc1.O=S(Cl)Cl.[2H]CF.[Na+]. The van der Waals surface area contributed by atoms with Gasteiger partial charge in [0, 0.05) is 32.0 Å². The summed E-state index contributed by atoms with van der Waals surface area (Å²) < 4.78 is 86.4. The van der Waals surface area contributed by atoms with Crippen LogP contribution in [-0.4, -0.2) is 57.5 Å². The number of rotatable bonds is 10. The second kappa shape index (κ2) is 24.5. The number of benzene rings is 2. The van der Waals surface area contributed by atoms with Crippen LogP contribution in [0.2, 0.25) is 0 Å². The van der Waals surface area contributed by atoms with Gasteiger partial charge in [0.2, 0.25) is 18.3 Å². The molecule has 35 heavy (non-hydrogen) atoms. The molecular formula is C19H25Cl3FNaO8S3. The Kier molecular flexibility index (Phi) is 26.1. The Hall–Kier alpha value is 0.170. The van der Waals surface area contributed by atoms with E-state index in [1.54, 1.807) is 0 Å². The van der Waals surface area contributed by atoms with Crippen molar-refractivity contribution in [3.05, 3.63) is 71.8 Å². The molecule has 2 aromatic carbocycles. The van der Waals surface area contributed by atoms with Crippen molar-refractivity contribution in [3.63, 3.8) is 0 Å². The Morgan fingerprint density at radius 2 is 1.20 bits per heavy atom. The van der Waals surface area contributed by atoms with E-state index >= 15 is 0 Å². The molecule has 0 radical (unpaired) electrons. The zero-order valence-electron chi connectivity index (χ0n) is 19.7. The molecule has 196 valence electrons. The Balaban J connectivity index is -0.000000471. The molecule has 0 aliphatic rings. The van der Waals surface area contributed by atoms with Gasteiger partial charge in [-0.25, -0.2) is 21.0 Å². The third-order valence-electron chi connectivity index (χ3n) is 3.17. The number of hydrogen-bond donors (Lipinski definition) is 0. The molecule has 0 aromatic heterocycles. The largest absolute Gasteiger partial charge is 1.00 e. The van der Waals surface area contributed by atoms with Crippen LogP contribution in [0.25, 0.3) is 0 Å². The van der Waals surface area contributed by atoms with Crippen molar-refractivity contribution >= 4 is 60.4 Å². The van der Waals surface area contributed by atoms with Crippen LogP contribution in [0, 0.1) is 0 Å². The topological polar surface area (TPSA) is 127 Å². The molecule has 0 N–H and O–H groups in total. The van der Waals surface area contributed by atoms with E-state index in [2.05, 4.69) is 21.4 Å². The molecule has 2 aromatic rings. The second-order valence-electron chi connectivity index (χ2n) is 5.77. The first kappa shape index (κ1) is 37.3. The van der Waals surface area contributed by atoms with Crippen molar-refractivity contribution < 1.29 is 70.4 Å². The van der Waals surface area contributed by atoms with Gasteiger partial charge in [0.15, 0.2) is 0 Å². The summed E-state index contributed by atoms with van der Waals surface area (Å²) in [4.78, 5) is 0. The normalized spacial score (nSPS) is 10.7. The van der Waals surface area contributed by atoms with Gasteiger partial charge in [0.1, 0.15) is 0 Å². The number of hydrogen-bond acceptors (Lipinski definition) is 8. The van der Waals surface area contributed by atoms with Gasteiger partial charge < -0.3 is 14.0 Å². The number of halogens is 4. The van der Waals surface area contributed by atoms with E-state index in [0.717, 1.165) is 11.1 Å². The summed E-state index contributed by atoms with van der Waals surface area (Å²) >= 11 is 0. The van der Waals surface area contributed by atoms with E-state index in [-0.39, 0.29) is 48.5 Å². The second-order valence-corrected chi connectivity index (χ2v) is 12.7. The molecule has 0 amide bonds. The minimum atomic E-state index is -4.15. The Morgan fingerprint density at radius 1 is 0.886 bits per heavy atom. The van der Waals surface area contributed by atoms with Gasteiger partial charge in [-0.1, -0.05) is 60.7 Å². The van der Waals surface area contributed by atoms with Gasteiger partial charge in [-0.05, 0) is 11.1 Å². The minimum absolute atomic E-state index is 0. The average Bonchev–Trinajstić information content (AvgIpc) is 2.75. The Labute approximate surface area is 245 Å². The summed E-state index contributed by atoms with van der Waals surface area (Å²) in [6, 6.07) is 18.9. The van der Waals surface area contributed by atoms with Gasteiger partial charge in [-0.3, -0.25) is 4.39 Å². The molecule has 0 atom stereocenters. The molecule has 16 heteroatoms. The van der Waals surface area contributed by atoms with Crippen LogP contribution in [-0.2, 0) is 51.1 Å². The van der Waals surface area contributed by atoms with Crippen LogP contribution >= 0.6 is 32.0 Å². The minimum Gasteiger partial charge on any atom is -0.748 e. The molecule has 0 saturated carbocycles. The van der Waals surface area contributed by atoms with Gasteiger partial charge >= 0.3 is 29.6 Å². The summed E-state index contributed by atoms with van der Waals surface area (Å²) in [6.07, 6.45) is 0. The van der Waals surface area contributed by atoms with Crippen LogP contribution in [0.1, 0.15) is 12.5 Å². The van der Waals surface area contributed by atoms with E-state index in [1.165, 1.54) is 0 Å². The Morgan fingerprint density at radius 3 is 1.49 bits per heavy atom. The fourth-order valence-electron chi connectivity index (χ4n) is 1.85. The average molecular weight is 627 g/mol. The zero-order valence-corrected chi connectivity index (χ0v) is 25.4. The first-order valence-electron chi connectivity index (χ1n) is 9.70. The van der Waals surface area contributed by atoms with E-state index in [9.17, 15) is 25.8 Å². The fourth-order valence-corrected chi connectivity index (χ4v) is 2.68. The third kappa shape index (κ3) is 34.2. The van der Waals surface area contributed by atoms with E-state index in [1.807, 2.05) is 60.7 Å². The first-order chi connectivity index (χ1) is 16.3. The molecule has 0 spiro atoms. The van der Waals surface area contributed by atoms with Gasteiger partial charge in [-0.15, -0.1) is 0 Å². The van der Waals surface area contributed by atoms with E-state index < -0.39 is 41.3 Å². The van der Waals surface area contributed by atoms with Gasteiger partial charge in [-0.2, -0.15) is 0 Å². The van der Waals surface area contributed by atoms with Crippen LogP contribution in [0.3, 0.4) is 0 Å². The smallest absolute Gasteiger partial charge is 0.748 e. The molecular weight excluding hydrogens is 601 g/mol. The molecule has 0 fully saturated rings. The molecule has 2 rings (SSSR count). The van der Waals surface area contributed by atoms with Crippen LogP contribution in [0.15, 0.2) is 60.7 Å². The van der Waals surface area contributed by atoms with Crippen molar-refractivity contribution in [2.75, 3.05) is 31.9 Å². The van der Waals surface area contributed by atoms with Gasteiger partial charge in [0.25, 0.3) is 0 Å². The van der Waals surface area contributed by atoms with Crippen LogP contribution in [0.4, 0.5) is 4.39 Å². The van der Waals surface area contributed by atoms with Crippen LogP contribution < -0.4 is 29.6 Å². The van der Waals surface area contributed by atoms with Crippen LogP contribution in [0.5, 0.6) is 0 Å². The molecule has 0 aliphatic carbocycles. The summed E-state index contributed by atoms with van der Waals surface area (Å²) in [5.41, 5.74) is 1.97. The number of alkyl halides is 1. The summed E-state index contributed by atoms with van der Waals surface area (Å²) in [5, 5.41) is 0. The maximum Gasteiger partial charge on any atom is 1.00 e. The Bertz CT molecular complexity index is 930. The maximum atomic E-state index is 10.5. The monoisotopic (exact) mass is 625 g/mol. The van der Waals surface area contributed by atoms with E-state index in [4.69, 9.17) is 25.7 Å². The van der Waals surface area contributed by atoms with Crippen molar-refractivity contribution in [2.45, 2.75) is 13.2 Å².